The molecule has 0 radical (unpaired) electrons. The minimum atomic E-state index is -4.45. The van der Waals surface area contributed by atoms with Gasteiger partial charge < -0.3 is 9.84 Å². The number of imidazole rings is 1. The molecule has 0 aliphatic carbocycles. The smallest absolute Gasteiger partial charge is 0.422 e. The van der Waals surface area contributed by atoms with Crippen molar-refractivity contribution in [1.82, 2.24) is 14.6 Å². The summed E-state index contributed by atoms with van der Waals surface area (Å²) in [7, 11) is 0. The number of aliphatic hydroxyl groups is 1. The van der Waals surface area contributed by atoms with Crippen LogP contribution in [0.25, 0.3) is 11.0 Å². The Balaban J connectivity index is 1.95. The van der Waals surface area contributed by atoms with Crippen LogP contribution in [0.1, 0.15) is 37.6 Å². The van der Waals surface area contributed by atoms with Crippen molar-refractivity contribution in [2.45, 2.75) is 57.0 Å². The van der Waals surface area contributed by atoms with Crippen LogP contribution in [0.2, 0.25) is 0 Å². The van der Waals surface area contributed by atoms with E-state index in [1.807, 2.05) is 0 Å². The molecule has 0 saturated heterocycles. The average molecular weight is 499 g/mol. The van der Waals surface area contributed by atoms with E-state index in [0.717, 1.165) is 5.17 Å². The molecule has 0 unspecified atom stereocenters. The van der Waals surface area contributed by atoms with Crippen LogP contribution in [-0.4, -0.2) is 44.5 Å². The number of alkyl halides is 3. The maximum atomic E-state index is 12.6. The van der Waals surface area contributed by atoms with Gasteiger partial charge in [0.2, 0.25) is 0 Å². The number of hydrogen-bond donors (Lipinski definition) is 1. The Kier molecular flexibility index (Phi) is 7.74. The van der Waals surface area contributed by atoms with Crippen LogP contribution >= 0.6 is 11.8 Å². The highest BCUT2D eigenvalue weighted by molar-refractivity contribution is 7.98. The number of pyridine rings is 1. The lowest BCUT2D eigenvalue weighted by molar-refractivity contribution is -0.153. The zero-order valence-electron chi connectivity index (χ0n) is 19.1. The van der Waals surface area contributed by atoms with Gasteiger partial charge in [-0.05, 0) is 51.5 Å². The first-order valence-corrected chi connectivity index (χ1v) is 11.2. The molecule has 12 heteroatoms. The fourth-order valence-corrected chi connectivity index (χ4v) is 4.03. The van der Waals surface area contributed by atoms with E-state index in [9.17, 15) is 23.1 Å². The first-order chi connectivity index (χ1) is 15.9. The quantitative estimate of drug-likeness (QED) is 0.267. The van der Waals surface area contributed by atoms with Crippen LogP contribution in [0, 0.1) is 6.92 Å². The lowest BCUT2D eigenvalue weighted by atomic mass is 10.2. The number of carbonyl (C=O) groups is 1. The summed E-state index contributed by atoms with van der Waals surface area (Å²) in [4.78, 5) is 26.6. The Morgan fingerprint density at radius 1 is 1.24 bits per heavy atom. The zero-order valence-corrected chi connectivity index (χ0v) is 19.9. The van der Waals surface area contributed by atoms with Gasteiger partial charge >= 0.3 is 6.18 Å². The molecular weight excluding hydrogens is 473 g/mol. The number of carbonyl (C=O) groups excluding carboxylic acids is 1. The third-order valence-corrected chi connectivity index (χ3v) is 5.43. The number of aromatic nitrogens is 3. The lowest BCUT2D eigenvalue weighted by Crippen LogP contribution is -2.40. The van der Waals surface area contributed by atoms with E-state index < -0.39 is 18.4 Å². The van der Waals surface area contributed by atoms with E-state index in [1.54, 1.807) is 45.9 Å². The number of fused-ring (bicyclic) bond motifs is 1. The van der Waals surface area contributed by atoms with E-state index in [2.05, 4.69) is 9.97 Å². The molecule has 8 nitrogen and oxygen atoms in total. The maximum absolute atomic E-state index is 12.6. The second-order valence-electron chi connectivity index (χ2n) is 8.37. The summed E-state index contributed by atoms with van der Waals surface area (Å²) in [5.41, 5.74) is 2.01. The normalized spacial score (nSPS) is 12.2. The van der Waals surface area contributed by atoms with Gasteiger partial charge in [0.05, 0.1) is 28.9 Å². The van der Waals surface area contributed by atoms with Crippen LogP contribution in [0.15, 0.2) is 35.6 Å². The summed E-state index contributed by atoms with van der Waals surface area (Å²) in [6, 6.07) is 6.52. The molecule has 2 aromatic heterocycles. The predicted octanol–water partition coefficient (Wildman–Crippen LogP) is 4.29. The summed E-state index contributed by atoms with van der Waals surface area (Å²) >= 11 is 1.22. The van der Waals surface area contributed by atoms with Gasteiger partial charge in [0.25, 0.3) is 6.41 Å². The molecule has 1 N–H and O–H groups in total. The molecule has 0 aliphatic heterocycles. The van der Waals surface area contributed by atoms with Gasteiger partial charge in [-0.2, -0.15) is 13.2 Å². The van der Waals surface area contributed by atoms with Gasteiger partial charge in [0, 0.05) is 17.5 Å². The van der Waals surface area contributed by atoms with E-state index >= 15 is 0 Å². The Morgan fingerprint density at radius 2 is 1.97 bits per heavy atom. The van der Waals surface area contributed by atoms with Crippen molar-refractivity contribution in [1.29, 1.82) is 0 Å². The van der Waals surface area contributed by atoms with E-state index in [0.29, 0.717) is 39.4 Å². The molecule has 0 spiro atoms. The molecule has 184 valence electrons. The highest BCUT2D eigenvalue weighted by Crippen LogP contribution is 2.31. The van der Waals surface area contributed by atoms with Gasteiger partial charge in [-0.1, -0.05) is 17.8 Å². The summed E-state index contributed by atoms with van der Waals surface area (Å²) in [6.07, 6.45) is -2.56. The van der Waals surface area contributed by atoms with Gasteiger partial charge in [-0.15, -0.1) is 5.17 Å². The number of nitrogens with zero attached hydrogens (tertiary/aromatic N) is 4. The van der Waals surface area contributed by atoms with E-state index in [-0.39, 0.29) is 18.1 Å². The SMILES string of the molecule is Cc1c(OCC(F)(F)F)ccnc1CSc1nc2ccc(CO)cc2n1N(C=O)OC(C)(C)C. The number of amides is 1. The molecule has 3 aromatic rings. The second kappa shape index (κ2) is 10.2. The van der Waals surface area contributed by atoms with Crippen LogP contribution in [0.3, 0.4) is 0 Å². The molecule has 0 aliphatic rings. The molecule has 34 heavy (non-hydrogen) atoms. The Morgan fingerprint density at radius 3 is 2.59 bits per heavy atom. The van der Waals surface area contributed by atoms with Crippen molar-refractivity contribution in [2.24, 2.45) is 0 Å². The number of halogens is 3. The van der Waals surface area contributed by atoms with Gasteiger partial charge in [-0.3, -0.25) is 9.78 Å². The Hall–Kier alpha value is -2.83. The highest BCUT2D eigenvalue weighted by atomic mass is 32.2. The number of benzene rings is 1. The maximum Gasteiger partial charge on any atom is 0.422 e. The number of aliphatic hydroxyl groups excluding tert-OH is 1. The predicted molar refractivity (Wildman–Crippen MR) is 121 cm³/mol. The molecule has 0 fully saturated rings. The minimum absolute atomic E-state index is 0.0922. The monoisotopic (exact) mass is 498 g/mol. The molecule has 3 rings (SSSR count). The summed E-state index contributed by atoms with van der Waals surface area (Å²) in [5, 5.41) is 11.0. The fraction of sp³-hybridized carbons (Fsp3) is 0.409. The van der Waals surface area contributed by atoms with Crippen LogP contribution < -0.4 is 9.91 Å². The Bertz CT molecular complexity index is 1160. The largest absolute Gasteiger partial charge is 0.484 e. The molecule has 2 heterocycles. The van der Waals surface area contributed by atoms with Gasteiger partial charge in [0.1, 0.15) is 5.75 Å². The number of thioether (sulfide) groups is 1. The second-order valence-corrected chi connectivity index (χ2v) is 9.31. The van der Waals surface area contributed by atoms with Crippen molar-refractivity contribution in [3.63, 3.8) is 0 Å². The molecule has 1 aromatic carbocycles. The molecule has 0 atom stereocenters. The van der Waals surface area contributed by atoms with Crippen molar-refractivity contribution >= 4 is 29.2 Å². The molecular formula is C22H25F3N4O4S. The van der Waals surface area contributed by atoms with Gasteiger partial charge in [-0.25, -0.2) is 14.5 Å². The van der Waals surface area contributed by atoms with Crippen molar-refractivity contribution < 1.29 is 32.6 Å². The standard InChI is InChI=1S/C22H25F3N4O4S/c1-14-17(26-8-7-19(14)32-12-22(23,24)25)11-34-20-27-16-6-5-15(10-30)9-18(16)29(20)28(13-31)33-21(2,3)4/h5-9,13,30H,10-12H2,1-4H3. The lowest BCUT2D eigenvalue weighted by Gasteiger charge is -2.28. The molecule has 0 saturated carbocycles. The average Bonchev–Trinajstić information content (AvgIpc) is 3.12. The topological polar surface area (TPSA) is 89.7 Å². The summed E-state index contributed by atoms with van der Waals surface area (Å²) < 4.78 is 44.1. The summed E-state index contributed by atoms with van der Waals surface area (Å²) in [6.45, 7) is 5.40. The Labute approximate surface area is 198 Å². The van der Waals surface area contributed by atoms with Crippen molar-refractivity contribution in [3.05, 3.63) is 47.3 Å². The fourth-order valence-electron chi connectivity index (χ4n) is 3.01. The number of ether oxygens (including phenoxy) is 1. The van der Waals surface area contributed by atoms with Gasteiger partial charge in [0.15, 0.2) is 11.8 Å². The number of hydroxylamine groups is 1. The molecule has 1 amide bonds. The van der Waals surface area contributed by atoms with E-state index in [1.165, 1.54) is 28.7 Å². The number of rotatable bonds is 9. The third kappa shape index (κ3) is 6.39. The first kappa shape index (κ1) is 25.8. The molecule has 0 bridgehead atoms. The van der Waals surface area contributed by atoms with E-state index in [4.69, 9.17) is 9.57 Å². The zero-order chi connectivity index (χ0) is 25.1. The minimum Gasteiger partial charge on any atom is -0.484 e. The number of hydrogen-bond acceptors (Lipinski definition) is 7. The third-order valence-electron chi connectivity index (χ3n) is 4.49. The van der Waals surface area contributed by atoms with Crippen molar-refractivity contribution in [2.75, 3.05) is 11.8 Å². The van der Waals surface area contributed by atoms with Crippen LogP contribution in [-0.2, 0) is 22.0 Å². The van der Waals surface area contributed by atoms with Crippen molar-refractivity contribution in [3.8, 4) is 5.75 Å². The first-order valence-electron chi connectivity index (χ1n) is 10.2. The highest BCUT2D eigenvalue weighted by Gasteiger charge is 2.29. The summed E-state index contributed by atoms with van der Waals surface area (Å²) in [5.74, 6) is 0.336. The van der Waals surface area contributed by atoms with Crippen LogP contribution in [0.5, 0.6) is 5.75 Å². The van der Waals surface area contributed by atoms with Crippen LogP contribution in [0.4, 0.5) is 13.2 Å².